The van der Waals surface area contributed by atoms with E-state index in [-0.39, 0.29) is 22.7 Å². The van der Waals surface area contributed by atoms with E-state index in [1.807, 2.05) is 0 Å². The van der Waals surface area contributed by atoms with Gasteiger partial charge in [0.15, 0.2) is 5.78 Å². The largest absolute Gasteiger partial charge is 0.507 e. The van der Waals surface area contributed by atoms with Crippen molar-refractivity contribution in [2.75, 3.05) is 0 Å². The molecule has 1 aromatic carbocycles. The minimum atomic E-state index is -0.623. The number of nitrogens with two attached hydrogens (primary N) is 1. The maximum absolute atomic E-state index is 10.9. The van der Waals surface area contributed by atoms with Gasteiger partial charge >= 0.3 is 0 Å². The van der Waals surface area contributed by atoms with E-state index in [2.05, 4.69) is 0 Å². The maximum atomic E-state index is 10.9. The summed E-state index contributed by atoms with van der Waals surface area (Å²) in [7, 11) is 0. The zero-order valence-corrected chi connectivity index (χ0v) is 7.07. The van der Waals surface area contributed by atoms with E-state index in [1.54, 1.807) is 0 Å². The predicted octanol–water partition coefficient (Wildman–Crippen LogP) is 0.694. The number of benzene rings is 1. The van der Waals surface area contributed by atoms with Crippen LogP contribution in [0.4, 0.5) is 0 Å². The molecule has 1 amide bonds. The summed E-state index contributed by atoms with van der Waals surface area (Å²) in [6, 6.07) is 3.92. The fourth-order valence-corrected chi connectivity index (χ4v) is 0.971. The van der Waals surface area contributed by atoms with Crippen LogP contribution in [0.5, 0.6) is 5.75 Å². The van der Waals surface area contributed by atoms with Gasteiger partial charge in [0.1, 0.15) is 5.75 Å². The molecule has 0 aliphatic carbocycles. The average molecular weight is 179 g/mol. The van der Waals surface area contributed by atoms with Crippen molar-refractivity contribution in [3.63, 3.8) is 0 Å². The molecular formula is C9H9NO3. The number of rotatable bonds is 2. The highest BCUT2D eigenvalue weighted by atomic mass is 16.3. The molecule has 0 saturated heterocycles. The first-order chi connectivity index (χ1) is 6.02. The van der Waals surface area contributed by atoms with Gasteiger partial charge in [0.05, 0.1) is 5.56 Å². The lowest BCUT2D eigenvalue weighted by Gasteiger charge is -2.01. The van der Waals surface area contributed by atoms with Crippen LogP contribution in [0.1, 0.15) is 27.6 Å². The average Bonchev–Trinajstić information content (AvgIpc) is 2.04. The molecule has 0 fully saturated rings. The number of ketones is 1. The number of carbonyl (C=O) groups is 2. The summed E-state index contributed by atoms with van der Waals surface area (Å²) in [5, 5.41) is 9.21. The van der Waals surface area contributed by atoms with Crippen molar-refractivity contribution in [1.29, 1.82) is 0 Å². The Bertz CT molecular complexity index is 371. The zero-order chi connectivity index (χ0) is 10.0. The molecule has 0 saturated carbocycles. The van der Waals surface area contributed by atoms with Crippen molar-refractivity contribution in [2.45, 2.75) is 6.92 Å². The Morgan fingerprint density at radius 2 is 2.00 bits per heavy atom. The Hall–Kier alpha value is -1.84. The maximum Gasteiger partial charge on any atom is 0.248 e. The SMILES string of the molecule is CC(=O)c1cc(C(N)=O)ccc1O. The molecule has 0 radical (unpaired) electrons. The Kier molecular flexibility index (Phi) is 2.32. The molecule has 68 valence electrons. The summed E-state index contributed by atoms with van der Waals surface area (Å²) in [5.74, 6) is -1.07. The Morgan fingerprint density at radius 1 is 1.38 bits per heavy atom. The summed E-state index contributed by atoms with van der Waals surface area (Å²) in [5.41, 5.74) is 5.32. The molecule has 4 nitrogen and oxygen atoms in total. The molecule has 13 heavy (non-hydrogen) atoms. The molecule has 0 heterocycles. The van der Waals surface area contributed by atoms with Crippen LogP contribution >= 0.6 is 0 Å². The molecule has 1 aromatic rings. The smallest absolute Gasteiger partial charge is 0.248 e. The van der Waals surface area contributed by atoms with E-state index in [1.165, 1.54) is 25.1 Å². The Morgan fingerprint density at radius 3 is 2.46 bits per heavy atom. The fraction of sp³-hybridized carbons (Fsp3) is 0.111. The van der Waals surface area contributed by atoms with Crippen molar-refractivity contribution in [3.05, 3.63) is 29.3 Å². The summed E-state index contributed by atoms with van der Waals surface area (Å²) < 4.78 is 0. The van der Waals surface area contributed by atoms with Crippen LogP contribution in [0.15, 0.2) is 18.2 Å². The first kappa shape index (κ1) is 9.25. The number of amides is 1. The normalized spacial score (nSPS) is 9.62. The molecule has 1 rings (SSSR count). The number of carbonyl (C=O) groups excluding carboxylic acids is 2. The van der Waals surface area contributed by atoms with Crippen LogP contribution in [0, 0.1) is 0 Å². The van der Waals surface area contributed by atoms with E-state index >= 15 is 0 Å². The molecule has 0 unspecified atom stereocenters. The van der Waals surface area contributed by atoms with Crippen molar-refractivity contribution in [3.8, 4) is 5.75 Å². The van der Waals surface area contributed by atoms with E-state index in [0.29, 0.717) is 0 Å². The first-order valence-electron chi connectivity index (χ1n) is 3.66. The molecule has 3 N–H and O–H groups in total. The Labute approximate surface area is 75.0 Å². The first-order valence-corrected chi connectivity index (χ1v) is 3.66. The highest BCUT2D eigenvalue weighted by molar-refractivity contribution is 6.00. The van der Waals surface area contributed by atoms with E-state index in [0.717, 1.165) is 0 Å². The van der Waals surface area contributed by atoms with E-state index in [9.17, 15) is 14.7 Å². The second kappa shape index (κ2) is 3.26. The van der Waals surface area contributed by atoms with Gasteiger partial charge in [-0.05, 0) is 25.1 Å². The summed E-state index contributed by atoms with van der Waals surface area (Å²) in [6.45, 7) is 1.31. The zero-order valence-electron chi connectivity index (χ0n) is 7.07. The third kappa shape index (κ3) is 1.84. The summed E-state index contributed by atoms with van der Waals surface area (Å²) >= 11 is 0. The number of phenols is 1. The monoisotopic (exact) mass is 179 g/mol. The van der Waals surface area contributed by atoms with Gasteiger partial charge in [0.25, 0.3) is 0 Å². The van der Waals surface area contributed by atoms with Gasteiger partial charge in [-0.2, -0.15) is 0 Å². The molecule has 0 aliphatic heterocycles. The third-order valence-electron chi connectivity index (χ3n) is 1.66. The highest BCUT2D eigenvalue weighted by Crippen LogP contribution is 2.18. The summed E-state index contributed by atoms with van der Waals surface area (Å²) in [6.07, 6.45) is 0. The van der Waals surface area contributed by atoms with Crippen LogP contribution < -0.4 is 5.73 Å². The number of Topliss-reactive ketones (excluding diaryl/α,β-unsaturated/α-hetero) is 1. The molecule has 0 spiro atoms. The van der Waals surface area contributed by atoms with Crippen molar-refractivity contribution in [2.24, 2.45) is 5.73 Å². The van der Waals surface area contributed by atoms with Crippen LogP contribution in [0.25, 0.3) is 0 Å². The molecule has 0 atom stereocenters. The van der Waals surface area contributed by atoms with Crippen molar-refractivity contribution < 1.29 is 14.7 Å². The quantitative estimate of drug-likeness (QED) is 0.655. The number of primary amides is 1. The van der Waals surface area contributed by atoms with Gasteiger partial charge in [0, 0.05) is 5.56 Å². The third-order valence-corrected chi connectivity index (χ3v) is 1.66. The highest BCUT2D eigenvalue weighted by Gasteiger charge is 2.09. The molecule has 0 aromatic heterocycles. The number of hydrogen-bond acceptors (Lipinski definition) is 3. The van der Waals surface area contributed by atoms with E-state index < -0.39 is 5.91 Å². The lowest BCUT2D eigenvalue weighted by atomic mass is 10.1. The molecule has 4 heteroatoms. The van der Waals surface area contributed by atoms with Gasteiger partial charge in [-0.25, -0.2) is 0 Å². The second-order valence-electron chi connectivity index (χ2n) is 2.65. The topological polar surface area (TPSA) is 80.4 Å². The van der Waals surface area contributed by atoms with Gasteiger partial charge in [-0.3, -0.25) is 9.59 Å². The minimum Gasteiger partial charge on any atom is -0.507 e. The second-order valence-corrected chi connectivity index (χ2v) is 2.65. The number of phenolic OH excluding ortho intramolecular Hbond substituents is 1. The number of aromatic hydroxyl groups is 1. The van der Waals surface area contributed by atoms with Crippen LogP contribution in [0.3, 0.4) is 0 Å². The van der Waals surface area contributed by atoms with Crippen LogP contribution in [0.2, 0.25) is 0 Å². The van der Waals surface area contributed by atoms with Gasteiger partial charge < -0.3 is 10.8 Å². The van der Waals surface area contributed by atoms with E-state index in [4.69, 9.17) is 5.73 Å². The molecular weight excluding hydrogens is 170 g/mol. The minimum absolute atomic E-state index is 0.108. The van der Waals surface area contributed by atoms with Gasteiger partial charge in [-0.1, -0.05) is 0 Å². The van der Waals surface area contributed by atoms with Crippen molar-refractivity contribution in [1.82, 2.24) is 0 Å². The summed E-state index contributed by atoms with van der Waals surface area (Å²) in [4.78, 5) is 21.6. The van der Waals surface area contributed by atoms with Crippen LogP contribution in [-0.2, 0) is 0 Å². The van der Waals surface area contributed by atoms with Crippen LogP contribution in [-0.4, -0.2) is 16.8 Å². The molecule has 0 aliphatic rings. The van der Waals surface area contributed by atoms with Gasteiger partial charge in [0.2, 0.25) is 5.91 Å². The van der Waals surface area contributed by atoms with Gasteiger partial charge in [-0.15, -0.1) is 0 Å². The fourth-order valence-electron chi connectivity index (χ4n) is 0.971. The Balaban J connectivity index is 3.27. The lowest BCUT2D eigenvalue weighted by Crippen LogP contribution is -2.11. The lowest BCUT2D eigenvalue weighted by molar-refractivity contribution is 0.1000. The standard InChI is InChI=1S/C9H9NO3/c1-5(11)7-4-6(9(10)13)2-3-8(7)12/h2-4,12H,1H3,(H2,10,13). The predicted molar refractivity (Wildman–Crippen MR) is 46.6 cm³/mol. The number of hydrogen-bond donors (Lipinski definition) is 2. The molecule has 0 bridgehead atoms. The van der Waals surface area contributed by atoms with Crippen molar-refractivity contribution >= 4 is 11.7 Å².